The second-order valence-corrected chi connectivity index (χ2v) is 6.40. The van der Waals surface area contributed by atoms with Gasteiger partial charge in [0.25, 0.3) is 0 Å². The van der Waals surface area contributed by atoms with Crippen molar-refractivity contribution in [1.29, 1.82) is 0 Å². The van der Waals surface area contributed by atoms with Crippen LogP contribution in [0, 0.1) is 29.5 Å². The number of carbonyl (C=O) groups is 1. The molecule has 148 valence electrons. The zero-order valence-electron chi connectivity index (χ0n) is 16.1. The van der Waals surface area contributed by atoms with Gasteiger partial charge in [0.05, 0.1) is 5.56 Å². The molecule has 0 spiro atoms. The molecule has 4 atom stereocenters. The van der Waals surface area contributed by atoms with Gasteiger partial charge in [-0.2, -0.15) is 13.2 Å². The first kappa shape index (κ1) is 22.5. The molecule has 0 aliphatic heterocycles. The second kappa shape index (κ2) is 9.38. The van der Waals surface area contributed by atoms with E-state index >= 15 is 0 Å². The Bertz CT molecular complexity index is 598. The summed E-state index contributed by atoms with van der Waals surface area (Å²) in [5, 5.41) is 2.53. The van der Waals surface area contributed by atoms with Gasteiger partial charge in [0.1, 0.15) is 5.82 Å². The standard InChI is InChI=1S/C16H17F4NO.2C2H6/c1-8-9-2-3-10(6-9)14(8)15(22)21-11-4-5-13(17)12(7-11)16(18,19)20;2*1-2/h4-5,7-10,14H,2-3,6H2,1H3,(H,21,22);2*1-2H3/t8?,9?,10-,14?;;/m1../s1. The molecule has 2 aliphatic rings. The van der Waals surface area contributed by atoms with Crippen LogP contribution in [0.5, 0.6) is 0 Å². The topological polar surface area (TPSA) is 29.1 Å². The molecule has 26 heavy (non-hydrogen) atoms. The highest BCUT2D eigenvalue weighted by Gasteiger charge is 2.48. The van der Waals surface area contributed by atoms with Gasteiger partial charge in [-0.05, 0) is 55.2 Å². The van der Waals surface area contributed by atoms with Crippen molar-refractivity contribution in [2.45, 2.75) is 60.1 Å². The summed E-state index contributed by atoms with van der Waals surface area (Å²) < 4.78 is 51.4. The van der Waals surface area contributed by atoms with E-state index in [0.717, 1.165) is 25.3 Å². The van der Waals surface area contributed by atoms with Crippen molar-refractivity contribution in [3.05, 3.63) is 29.6 Å². The Labute approximate surface area is 153 Å². The van der Waals surface area contributed by atoms with Gasteiger partial charge in [0, 0.05) is 11.6 Å². The van der Waals surface area contributed by atoms with E-state index in [1.54, 1.807) is 0 Å². The molecule has 2 saturated carbocycles. The average molecular weight is 375 g/mol. The number of amides is 1. The van der Waals surface area contributed by atoms with E-state index in [-0.39, 0.29) is 23.4 Å². The molecule has 2 nitrogen and oxygen atoms in total. The van der Waals surface area contributed by atoms with Gasteiger partial charge in [-0.3, -0.25) is 4.79 Å². The van der Waals surface area contributed by atoms with Crippen molar-refractivity contribution in [2.75, 3.05) is 5.32 Å². The van der Waals surface area contributed by atoms with Crippen LogP contribution in [0.2, 0.25) is 0 Å². The van der Waals surface area contributed by atoms with E-state index in [2.05, 4.69) is 5.32 Å². The SMILES string of the molecule is CC.CC.CC1C2CC[C@H](C2)C1C(=O)Nc1ccc(F)c(C(F)(F)F)c1. The Morgan fingerprint density at radius 2 is 1.65 bits per heavy atom. The van der Waals surface area contributed by atoms with E-state index in [1.165, 1.54) is 6.07 Å². The Balaban J connectivity index is 0.000000791. The highest BCUT2D eigenvalue weighted by Crippen LogP contribution is 2.52. The van der Waals surface area contributed by atoms with Crippen LogP contribution < -0.4 is 5.32 Å². The zero-order chi connectivity index (χ0) is 20.1. The van der Waals surface area contributed by atoms with Gasteiger partial charge in [-0.15, -0.1) is 0 Å². The summed E-state index contributed by atoms with van der Waals surface area (Å²) in [5.41, 5.74) is -1.36. The normalized spacial score (nSPS) is 26.3. The van der Waals surface area contributed by atoms with Gasteiger partial charge >= 0.3 is 6.18 Å². The van der Waals surface area contributed by atoms with Crippen LogP contribution in [0.4, 0.5) is 23.2 Å². The van der Waals surface area contributed by atoms with Gasteiger partial charge in [-0.1, -0.05) is 34.6 Å². The number of fused-ring (bicyclic) bond motifs is 2. The highest BCUT2D eigenvalue weighted by atomic mass is 19.4. The number of anilines is 1. The number of hydrogen-bond acceptors (Lipinski definition) is 1. The number of nitrogens with one attached hydrogen (secondary N) is 1. The van der Waals surface area contributed by atoms with Crippen molar-refractivity contribution in [1.82, 2.24) is 0 Å². The molecule has 1 aromatic rings. The van der Waals surface area contributed by atoms with Crippen LogP contribution in [0.25, 0.3) is 0 Å². The van der Waals surface area contributed by atoms with Gasteiger partial charge < -0.3 is 5.32 Å². The smallest absolute Gasteiger partial charge is 0.326 e. The minimum atomic E-state index is -4.77. The molecule has 0 aromatic heterocycles. The molecule has 0 saturated heterocycles. The maximum Gasteiger partial charge on any atom is 0.419 e. The molecular formula is C20H29F4NO. The number of rotatable bonds is 2. The summed E-state index contributed by atoms with van der Waals surface area (Å²) >= 11 is 0. The van der Waals surface area contributed by atoms with E-state index in [1.807, 2.05) is 34.6 Å². The molecular weight excluding hydrogens is 346 g/mol. The van der Waals surface area contributed by atoms with Crippen molar-refractivity contribution >= 4 is 11.6 Å². The molecule has 2 fully saturated rings. The van der Waals surface area contributed by atoms with Gasteiger partial charge in [0.15, 0.2) is 0 Å². The minimum absolute atomic E-state index is 0.00583. The summed E-state index contributed by atoms with van der Waals surface area (Å²) in [6.07, 6.45) is -1.62. The number of hydrogen-bond donors (Lipinski definition) is 1. The molecule has 1 N–H and O–H groups in total. The summed E-state index contributed by atoms with van der Waals surface area (Å²) in [5.74, 6) is -0.625. The number of carbonyl (C=O) groups excluding carboxylic acids is 1. The lowest BCUT2D eigenvalue weighted by atomic mass is 9.80. The Kier molecular flexibility index (Phi) is 8.10. The lowest BCUT2D eigenvalue weighted by Gasteiger charge is -2.27. The zero-order valence-corrected chi connectivity index (χ0v) is 16.1. The lowest BCUT2D eigenvalue weighted by molar-refractivity contribution is -0.140. The highest BCUT2D eigenvalue weighted by molar-refractivity contribution is 5.93. The third-order valence-electron chi connectivity index (χ3n) is 5.17. The summed E-state index contributed by atoms with van der Waals surface area (Å²) in [6, 6.07) is 2.56. The number of halogens is 4. The number of alkyl halides is 3. The Morgan fingerprint density at radius 1 is 1.08 bits per heavy atom. The van der Waals surface area contributed by atoms with Crippen LogP contribution in [-0.4, -0.2) is 5.91 Å². The third kappa shape index (κ3) is 4.77. The Morgan fingerprint density at radius 3 is 2.15 bits per heavy atom. The van der Waals surface area contributed by atoms with E-state index < -0.39 is 17.6 Å². The monoisotopic (exact) mass is 375 g/mol. The Hall–Kier alpha value is -1.59. The molecule has 3 rings (SSSR count). The fourth-order valence-corrected chi connectivity index (χ4v) is 4.08. The van der Waals surface area contributed by atoms with Crippen LogP contribution in [0.3, 0.4) is 0 Å². The predicted molar refractivity (Wildman–Crippen MR) is 96.2 cm³/mol. The van der Waals surface area contributed by atoms with E-state index in [0.29, 0.717) is 17.9 Å². The summed E-state index contributed by atoms with van der Waals surface area (Å²) in [7, 11) is 0. The van der Waals surface area contributed by atoms with Crippen LogP contribution >= 0.6 is 0 Å². The maximum absolute atomic E-state index is 13.3. The molecule has 2 bridgehead atoms. The minimum Gasteiger partial charge on any atom is -0.326 e. The van der Waals surface area contributed by atoms with E-state index in [4.69, 9.17) is 0 Å². The molecule has 1 aromatic carbocycles. The molecule has 6 heteroatoms. The fourth-order valence-electron chi connectivity index (χ4n) is 4.08. The van der Waals surface area contributed by atoms with Crippen LogP contribution in [0.1, 0.15) is 59.4 Å². The van der Waals surface area contributed by atoms with Crippen molar-refractivity contribution in [2.24, 2.45) is 23.7 Å². The number of benzene rings is 1. The van der Waals surface area contributed by atoms with Crippen molar-refractivity contribution < 1.29 is 22.4 Å². The molecule has 1 amide bonds. The maximum atomic E-state index is 13.3. The second-order valence-electron chi connectivity index (χ2n) is 6.40. The first-order valence-corrected chi connectivity index (χ1v) is 9.45. The van der Waals surface area contributed by atoms with Crippen molar-refractivity contribution in [3.63, 3.8) is 0 Å². The first-order chi connectivity index (χ1) is 12.3. The van der Waals surface area contributed by atoms with E-state index in [9.17, 15) is 22.4 Å². The molecule has 0 heterocycles. The fraction of sp³-hybridized carbons (Fsp3) is 0.650. The summed E-state index contributed by atoms with van der Waals surface area (Å²) in [4.78, 5) is 12.4. The van der Waals surface area contributed by atoms with Gasteiger partial charge in [-0.25, -0.2) is 4.39 Å². The van der Waals surface area contributed by atoms with Crippen LogP contribution in [-0.2, 0) is 11.0 Å². The average Bonchev–Trinajstić information content (AvgIpc) is 3.20. The molecule has 2 aliphatic carbocycles. The quantitative estimate of drug-likeness (QED) is 0.586. The predicted octanol–water partition coefficient (Wildman–Crippen LogP) is 6.52. The summed E-state index contributed by atoms with van der Waals surface area (Å²) in [6.45, 7) is 10.0. The van der Waals surface area contributed by atoms with Crippen LogP contribution in [0.15, 0.2) is 18.2 Å². The largest absolute Gasteiger partial charge is 0.419 e. The molecule has 0 radical (unpaired) electrons. The van der Waals surface area contributed by atoms with Gasteiger partial charge in [0.2, 0.25) is 5.91 Å². The van der Waals surface area contributed by atoms with Crippen molar-refractivity contribution in [3.8, 4) is 0 Å². The first-order valence-electron chi connectivity index (χ1n) is 9.45. The molecule has 3 unspecified atom stereocenters. The lowest BCUT2D eigenvalue weighted by Crippen LogP contribution is -2.32. The third-order valence-corrected chi connectivity index (χ3v) is 5.17.